The van der Waals surface area contributed by atoms with E-state index < -0.39 is 5.97 Å². The molecule has 25 heavy (non-hydrogen) atoms. The lowest BCUT2D eigenvalue weighted by Gasteiger charge is -2.05. The van der Waals surface area contributed by atoms with Crippen LogP contribution >= 0.6 is 0 Å². The summed E-state index contributed by atoms with van der Waals surface area (Å²) in [5.41, 5.74) is 2.13. The summed E-state index contributed by atoms with van der Waals surface area (Å²) in [5, 5.41) is 9.86. The SMILES string of the molecule is COc1cc(OC)c2[nH]c(C(=O)OCc3ccccc3C#N)cc2c1. The van der Waals surface area contributed by atoms with E-state index in [1.807, 2.05) is 0 Å². The molecule has 0 atom stereocenters. The highest BCUT2D eigenvalue weighted by Gasteiger charge is 2.15. The van der Waals surface area contributed by atoms with Crippen molar-refractivity contribution >= 4 is 16.9 Å². The molecular weight excluding hydrogens is 320 g/mol. The smallest absolute Gasteiger partial charge is 0.355 e. The molecule has 0 aliphatic rings. The number of rotatable bonds is 5. The van der Waals surface area contributed by atoms with E-state index in [2.05, 4.69) is 11.1 Å². The van der Waals surface area contributed by atoms with Crippen molar-refractivity contribution in [2.45, 2.75) is 6.61 Å². The molecule has 1 N–H and O–H groups in total. The fourth-order valence-electron chi connectivity index (χ4n) is 2.55. The minimum atomic E-state index is -0.509. The molecule has 0 unspecified atom stereocenters. The molecule has 3 rings (SSSR count). The van der Waals surface area contributed by atoms with E-state index in [1.54, 1.807) is 56.7 Å². The zero-order valence-electron chi connectivity index (χ0n) is 13.8. The molecule has 1 aromatic heterocycles. The van der Waals surface area contributed by atoms with Gasteiger partial charge < -0.3 is 19.2 Å². The van der Waals surface area contributed by atoms with Crippen LogP contribution in [0.5, 0.6) is 11.5 Å². The van der Waals surface area contributed by atoms with Gasteiger partial charge in [0.25, 0.3) is 0 Å². The molecule has 0 saturated heterocycles. The van der Waals surface area contributed by atoms with Crippen LogP contribution in [0.1, 0.15) is 21.6 Å². The molecule has 0 radical (unpaired) electrons. The summed E-state index contributed by atoms with van der Waals surface area (Å²) in [6.07, 6.45) is 0. The molecule has 0 amide bonds. The highest BCUT2D eigenvalue weighted by molar-refractivity contribution is 5.97. The summed E-state index contributed by atoms with van der Waals surface area (Å²) in [5.74, 6) is 0.694. The Hall–Kier alpha value is -3.46. The number of carbonyl (C=O) groups is 1. The van der Waals surface area contributed by atoms with Crippen LogP contribution in [0.3, 0.4) is 0 Å². The van der Waals surface area contributed by atoms with Gasteiger partial charge in [0, 0.05) is 17.0 Å². The second-order valence-electron chi connectivity index (χ2n) is 5.32. The zero-order chi connectivity index (χ0) is 17.8. The van der Waals surface area contributed by atoms with Gasteiger partial charge in [0.15, 0.2) is 0 Å². The molecule has 0 bridgehead atoms. The lowest BCUT2D eigenvalue weighted by atomic mass is 10.1. The number of carbonyl (C=O) groups excluding carboxylic acids is 1. The number of esters is 1. The first-order valence-electron chi connectivity index (χ1n) is 7.56. The quantitative estimate of drug-likeness (QED) is 0.722. The monoisotopic (exact) mass is 336 g/mol. The molecule has 0 aliphatic carbocycles. The number of hydrogen-bond acceptors (Lipinski definition) is 5. The topological polar surface area (TPSA) is 84.3 Å². The first-order valence-corrected chi connectivity index (χ1v) is 7.56. The average molecular weight is 336 g/mol. The summed E-state index contributed by atoms with van der Waals surface area (Å²) in [6.45, 7) is 0.0262. The Kier molecular flexibility index (Phi) is 4.57. The maximum Gasteiger partial charge on any atom is 0.355 e. The third-order valence-corrected chi connectivity index (χ3v) is 3.84. The summed E-state index contributed by atoms with van der Waals surface area (Å²) in [4.78, 5) is 15.3. The maximum atomic E-state index is 12.3. The van der Waals surface area contributed by atoms with E-state index in [0.29, 0.717) is 33.8 Å². The molecule has 0 aliphatic heterocycles. The fourth-order valence-corrected chi connectivity index (χ4v) is 2.55. The Morgan fingerprint density at radius 2 is 1.96 bits per heavy atom. The van der Waals surface area contributed by atoms with Crippen LogP contribution in [0.15, 0.2) is 42.5 Å². The van der Waals surface area contributed by atoms with Crippen molar-refractivity contribution in [2.24, 2.45) is 0 Å². The molecule has 3 aromatic rings. The summed E-state index contributed by atoms with van der Waals surface area (Å²) in [7, 11) is 3.11. The molecule has 2 aromatic carbocycles. The van der Waals surface area contributed by atoms with Gasteiger partial charge in [-0.15, -0.1) is 0 Å². The first-order chi connectivity index (χ1) is 12.2. The minimum absolute atomic E-state index is 0.0262. The van der Waals surface area contributed by atoms with Crippen molar-refractivity contribution < 1.29 is 19.0 Å². The Labute approximate surface area is 144 Å². The molecule has 0 saturated carbocycles. The third kappa shape index (κ3) is 3.26. The Balaban J connectivity index is 1.84. The van der Waals surface area contributed by atoms with Crippen molar-refractivity contribution in [1.29, 1.82) is 5.26 Å². The van der Waals surface area contributed by atoms with Gasteiger partial charge in [-0.2, -0.15) is 5.26 Å². The van der Waals surface area contributed by atoms with Gasteiger partial charge in [-0.3, -0.25) is 0 Å². The van der Waals surface area contributed by atoms with E-state index in [-0.39, 0.29) is 6.61 Å². The zero-order valence-corrected chi connectivity index (χ0v) is 13.8. The number of fused-ring (bicyclic) bond motifs is 1. The van der Waals surface area contributed by atoms with Crippen LogP contribution in [-0.2, 0) is 11.3 Å². The second kappa shape index (κ2) is 6.97. The normalized spacial score (nSPS) is 10.3. The third-order valence-electron chi connectivity index (χ3n) is 3.84. The summed E-state index contributed by atoms with van der Waals surface area (Å²) >= 11 is 0. The number of aromatic amines is 1. The largest absolute Gasteiger partial charge is 0.497 e. The number of nitriles is 1. The minimum Gasteiger partial charge on any atom is -0.497 e. The van der Waals surface area contributed by atoms with Gasteiger partial charge in [0.2, 0.25) is 0 Å². The number of nitrogens with zero attached hydrogens (tertiary/aromatic N) is 1. The number of aromatic nitrogens is 1. The maximum absolute atomic E-state index is 12.3. The number of hydrogen-bond donors (Lipinski definition) is 1. The first kappa shape index (κ1) is 16.4. The van der Waals surface area contributed by atoms with Gasteiger partial charge >= 0.3 is 5.97 Å². The number of nitrogens with one attached hydrogen (secondary N) is 1. The number of methoxy groups -OCH3 is 2. The number of H-pyrrole nitrogens is 1. The summed E-state index contributed by atoms with van der Waals surface area (Å²) < 4.78 is 15.9. The predicted octanol–water partition coefficient (Wildman–Crippen LogP) is 3.41. The van der Waals surface area contributed by atoms with E-state index in [9.17, 15) is 4.79 Å². The van der Waals surface area contributed by atoms with Crippen molar-refractivity contribution in [1.82, 2.24) is 4.98 Å². The van der Waals surface area contributed by atoms with E-state index in [4.69, 9.17) is 19.5 Å². The predicted molar refractivity (Wildman–Crippen MR) is 91.7 cm³/mol. The highest BCUT2D eigenvalue weighted by Crippen LogP contribution is 2.31. The van der Waals surface area contributed by atoms with E-state index in [1.165, 1.54) is 0 Å². The van der Waals surface area contributed by atoms with Crippen molar-refractivity contribution in [3.8, 4) is 17.6 Å². The van der Waals surface area contributed by atoms with E-state index in [0.717, 1.165) is 5.39 Å². The Morgan fingerprint density at radius 1 is 1.16 bits per heavy atom. The van der Waals surface area contributed by atoms with Gasteiger partial charge in [0.05, 0.1) is 31.4 Å². The average Bonchev–Trinajstić information content (AvgIpc) is 3.09. The molecule has 0 fully saturated rings. The molecule has 6 heteroatoms. The second-order valence-corrected chi connectivity index (χ2v) is 5.32. The lowest BCUT2D eigenvalue weighted by Crippen LogP contribution is -2.06. The van der Waals surface area contributed by atoms with Crippen LogP contribution in [-0.4, -0.2) is 25.2 Å². The van der Waals surface area contributed by atoms with Crippen molar-refractivity contribution in [3.05, 3.63) is 59.3 Å². The van der Waals surface area contributed by atoms with Gasteiger partial charge in [-0.05, 0) is 18.2 Å². The molecule has 0 spiro atoms. The van der Waals surface area contributed by atoms with Gasteiger partial charge in [-0.1, -0.05) is 18.2 Å². The molecule has 1 heterocycles. The molecule has 6 nitrogen and oxygen atoms in total. The molecule has 126 valence electrons. The van der Waals surface area contributed by atoms with Crippen LogP contribution in [0.4, 0.5) is 0 Å². The highest BCUT2D eigenvalue weighted by atomic mass is 16.5. The standard InChI is InChI=1S/C19H16N2O4/c1-23-15-7-14-8-16(21-18(14)17(9-15)24-2)19(22)25-11-13-6-4-3-5-12(13)10-20/h3-9,21H,11H2,1-2H3. The molecular formula is C19H16N2O4. The van der Waals surface area contributed by atoms with Gasteiger partial charge in [0.1, 0.15) is 23.8 Å². The summed E-state index contributed by atoms with van der Waals surface area (Å²) in [6, 6.07) is 14.3. The Morgan fingerprint density at radius 3 is 2.68 bits per heavy atom. The van der Waals surface area contributed by atoms with E-state index >= 15 is 0 Å². The van der Waals surface area contributed by atoms with Crippen LogP contribution in [0, 0.1) is 11.3 Å². The van der Waals surface area contributed by atoms with Crippen LogP contribution in [0.2, 0.25) is 0 Å². The fraction of sp³-hybridized carbons (Fsp3) is 0.158. The number of ether oxygens (including phenoxy) is 3. The Bertz CT molecular complexity index is 969. The van der Waals surface area contributed by atoms with Crippen molar-refractivity contribution in [2.75, 3.05) is 14.2 Å². The van der Waals surface area contributed by atoms with Gasteiger partial charge in [-0.25, -0.2) is 4.79 Å². The van der Waals surface area contributed by atoms with Crippen LogP contribution < -0.4 is 9.47 Å². The lowest BCUT2D eigenvalue weighted by molar-refractivity contribution is 0.0466. The number of benzene rings is 2. The van der Waals surface area contributed by atoms with Crippen molar-refractivity contribution in [3.63, 3.8) is 0 Å². The van der Waals surface area contributed by atoms with Crippen LogP contribution in [0.25, 0.3) is 10.9 Å².